The summed E-state index contributed by atoms with van der Waals surface area (Å²) in [4.78, 5) is 37.6. The van der Waals surface area contributed by atoms with Crippen LogP contribution in [0.2, 0.25) is 6.32 Å². The second kappa shape index (κ2) is 11.4. The minimum absolute atomic E-state index is 0.0142. The minimum atomic E-state index is -0.552. The van der Waals surface area contributed by atoms with Crippen molar-refractivity contribution < 1.29 is 23.9 Å². The van der Waals surface area contributed by atoms with Crippen LogP contribution in [0.15, 0.2) is 48.5 Å². The van der Waals surface area contributed by atoms with Crippen LogP contribution in [0.4, 0.5) is 4.79 Å². The maximum Gasteiger partial charge on any atom is 0.407 e. The van der Waals surface area contributed by atoms with Gasteiger partial charge in [-0.1, -0.05) is 55.5 Å². The van der Waals surface area contributed by atoms with E-state index >= 15 is 0 Å². The fraction of sp³-hybridized carbons (Fsp3) is 0.375. The third-order valence-electron chi connectivity index (χ3n) is 5.44. The molecule has 0 atom stereocenters. The molecular weight excluding hydrogens is 407 g/mol. The van der Waals surface area contributed by atoms with Crippen molar-refractivity contribution in [2.75, 3.05) is 32.8 Å². The molecule has 1 aliphatic carbocycles. The number of ether oxygens (including phenoxy) is 2. The number of carbonyl (C=O) groups excluding carboxylic acids is 3. The van der Waals surface area contributed by atoms with E-state index in [4.69, 9.17) is 9.47 Å². The molecule has 0 radical (unpaired) electrons. The molecule has 7 nitrogen and oxygen atoms in total. The van der Waals surface area contributed by atoms with Crippen molar-refractivity contribution >= 4 is 25.8 Å². The third kappa shape index (κ3) is 5.69. The summed E-state index contributed by atoms with van der Waals surface area (Å²) in [5, 5.41) is 2.67. The van der Waals surface area contributed by atoms with Gasteiger partial charge in [0.05, 0.1) is 6.61 Å². The predicted octanol–water partition coefficient (Wildman–Crippen LogP) is 2.36. The van der Waals surface area contributed by atoms with Crippen LogP contribution in [-0.2, 0) is 19.1 Å². The largest absolute Gasteiger partial charge is 0.464 e. The molecular formula is C24H29BN2O5. The molecule has 3 rings (SSSR count). The zero-order chi connectivity index (χ0) is 22.9. The summed E-state index contributed by atoms with van der Waals surface area (Å²) in [6.45, 7) is 2.72. The van der Waals surface area contributed by atoms with Crippen LogP contribution < -0.4 is 5.32 Å². The zero-order valence-corrected chi connectivity index (χ0v) is 18.6. The van der Waals surface area contributed by atoms with E-state index in [0.29, 0.717) is 6.61 Å². The Bertz CT molecular complexity index is 919. The molecule has 0 aliphatic heterocycles. The molecule has 0 aromatic heterocycles. The summed E-state index contributed by atoms with van der Waals surface area (Å²) in [5.74, 6) is -0.637. The average molecular weight is 436 g/mol. The summed E-state index contributed by atoms with van der Waals surface area (Å²) in [7, 11) is 1.73. The van der Waals surface area contributed by atoms with Crippen molar-refractivity contribution in [1.29, 1.82) is 0 Å². The minimum Gasteiger partial charge on any atom is -0.464 e. The third-order valence-corrected chi connectivity index (χ3v) is 5.44. The fourth-order valence-electron chi connectivity index (χ4n) is 3.88. The van der Waals surface area contributed by atoms with Crippen molar-refractivity contribution in [1.82, 2.24) is 10.2 Å². The van der Waals surface area contributed by atoms with Gasteiger partial charge in [0.25, 0.3) is 0 Å². The maximum absolute atomic E-state index is 12.3. The van der Waals surface area contributed by atoms with E-state index in [1.165, 1.54) is 16.0 Å². The summed E-state index contributed by atoms with van der Waals surface area (Å²) in [5.41, 5.74) is 4.63. The van der Waals surface area contributed by atoms with Crippen molar-refractivity contribution in [2.24, 2.45) is 0 Å². The Hall–Kier alpha value is -3.29. The van der Waals surface area contributed by atoms with Crippen molar-refractivity contribution in [2.45, 2.75) is 25.6 Å². The van der Waals surface area contributed by atoms with E-state index in [1.54, 1.807) is 7.85 Å². The fourth-order valence-corrected chi connectivity index (χ4v) is 3.88. The summed E-state index contributed by atoms with van der Waals surface area (Å²) in [6, 6.07) is 16.3. The van der Waals surface area contributed by atoms with Gasteiger partial charge in [-0.2, -0.15) is 0 Å². The number of esters is 1. The van der Waals surface area contributed by atoms with Gasteiger partial charge in [0.2, 0.25) is 5.91 Å². The summed E-state index contributed by atoms with van der Waals surface area (Å²) >= 11 is 0. The van der Waals surface area contributed by atoms with Crippen LogP contribution >= 0.6 is 0 Å². The molecule has 0 heterocycles. The molecule has 2 aromatic carbocycles. The number of fused-ring (bicyclic) bond motifs is 3. The number of nitrogens with one attached hydrogen (secondary N) is 1. The second-order valence-corrected chi connectivity index (χ2v) is 7.64. The number of benzene rings is 2. The van der Waals surface area contributed by atoms with Gasteiger partial charge in [-0.3, -0.25) is 9.59 Å². The maximum atomic E-state index is 12.3. The number of alkyl carbamates (subject to hydrolysis) is 1. The first kappa shape index (κ1) is 23.4. The smallest absolute Gasteiger partial charge is 0.407 e. The van der Waals surface area contributed by atoms with Crippen molar-refractivity contribution in [3.63, 3.8) is 0 Å². The number of hydrogen-bond donors (Lipinski definition) is 1. The highest BCUT2D eigenvalue weighted by molar-refractivity contribution is 6.19. The molecule has 0 fully saturated rings. The molecule has 0 bridgehead atoms. The standard InChI is InChI=1S/C24H29BN2O5/c1-2-13-31-23(29)15-27(22(28)14-25)12-11-26-24(30)32-16-21-19-9-5-3-7-17(19)18-8-4-6-10-20(18)21/h3-10,21H,2,11-16,25H2,1H3,(H,26,30). The lowest BCUT2D eigenvalue weighted by molar-refractivity contribution is -0.148. The van der Waals surface area contributed by atoms with Gasteiger partial charge >= 0.3 is 12.1 Å². The van der Waals surface area contributed by atoms with Crippen LogP contribution in [0.3, 0.4) is 0 Å². The molecule has 0 spiro atoms. The van der Waals surface area contributed by atoms with Crippen molar-refractivity contribution in [3.8, 4) is 11.1 Å². The molecule has 2 aromatic rings. The zero-order valence-electron chi connectivity index (χ0n) is 18.6. The highest BCUT2D eigenvalue weighted by atomic mass is 16.5. The number of nitrogens with zero attached hydrogens (tertiary/aromatic N) is 1. The van der Waals surface area contributed by atoms with Gasteiger partial charge < -0.3 is 19.7 Å². The monoisotopic (exact) mass is 436 g/mol. The molecule has 1 aliphatic rings. The first-order valence-corrected chi connectivity index (χ1v) is 11.1. The molecule has 2 amide bonds. The first-order chi connectivity index (χ1) is 15.5. The quantitative estimate of drug-likeness (QED) is 0.457. The van der Waals surface area contributed by atoms with Gasteiger partial charge in [0.1, 0.15) is 21.0 Å². The van der Waals surface area contributed by atoms with Crippen LogP contribution in [0.25, 0.3) is 11.1 Å². The average Bonchev–Trinajstić information content (AvgIpc) is 3.14. The SMILES string of the molecule is BCC(=O)N(CCNC(=O)OCC1c2ccccc2-c2ccccc21)CC(=O)OCCC. The molecule has 0 unspecified atom stereocenters. The van der Waals surface area contributed by atoms with Crippen LogP contribution in [0.1, 0.15) is 30.4 Å². The van der Waals surface area contributed by atoms with E-state index in [1.807, 2.05) is 31.2 Å². The second-order valence-electron chi connectivity index (χ2n) is 7.64. The van der Waals surface area contributed by atoms with Gasteiger partial charge in [0, 0.05) is 19.0 Å². The topological polar surface area (TPSA) is 84.9 Å². The Morgan fingerprint density at radius 3 is 2.22 bits per heavy atom. The number of amides is 2. The first-order valence-electron chi connectivity index (χ1n) is 11.1. The van der Waals surface area contributed by atoms with Gasteiger partial charge in [-0.25, -0.2) is 4.79 Å². The molecule has 1 N–H and O–H groups in total. The van der Waals surface area contributed by atoms with Gasteiger partial charge in [0.15, 0.2) is 0 Å². The Morgan fingerprint density at radius 1 is 1.00 bits per heavy atom. The van der Waals surface area contributed by atoms with Crippen molar-refractivity contribution in [3.05, 3.63) is 59.7 Å². The number of rotatable bonds is 10. The molecule has 0 saturated carbocycles. The lowest BCUT2D eigenvalue weighted by atomic mass is 9.98. The van der Waals surface area contributed by atoms with Crippen LogP contribution in [-0.4, -0.2) is 63.6 Å². The Balaban J connectivity index is 1.51. The molecule has 32 heavy (non-hydrogen) atoms. The predicted molar refractivity (Wildman–Crippen MR) is 124 cm³/mol. The number of carbonyl (C=O) groups is 3. The van der Waals surface area contributed by atoms with Gasteiger partial charge in [-0.05, 0) is 35.0 Å². The van der Waals surface area contributed by atoms with Crippen LogP contribution in [0, 0.1) is 0 Å². The number of hydrogen-bond acceptors (Lipinski definition) is 5. The van der Waals surface area contributed by atoms with E-state index < -0.39 is 12.1 Å². The summed E-state index contributed by atoms with van der Waals surface area (Å²) < 4.78 is 10.5. The normalized spacial score (nSPS) is 11.9. The lowest BCUT2D eigenvalue weighted by Gasteiger charge is -2.21. The van der Waals surface area contributed by atoms with E-state index in [2.05, 4.69) is 29.6 Å². The van der Waals surface area contributed by atoms with E-state index in [-0.39, 0.29) is 44.4 Å². The van der Waals surface area contributed by atoms with Gasteiger partial charge in [-0.15, -0.1) is 0 Å². The highest BCUT2D eigenvalue weighted by Crippen LogP contribution is 2.44. The molecule has 8 heteroatoms. The Morgan fingerprint density at radius 2 is 1.62 bits per heavy atom. The van der Waals surface area contributed by atoms with E-state index in [9.17, 15) is 14.4 Å². The summed E-state index contributed by atoms with van der Waals surface area (Å²) in [6.07, 6.45) is 0.437. The lowest BCUT2D eigenvalue weighted by Crippen LogP contribution is -2.41. The highest BCUT2D eigenvalue weighted by Gasteiger charge is 2.29. The van der Waals surface area contributed by atoms with Crippen LogP contribution in [0.5, 0.6) is 0 Å². The Kier molecular flexibility index (Phi) is 8.30. The Labute approximate surface area is 189 Å². The molecule has 168 valence electrons. The molecule has 0 saturated heterocycles. The van der Waals surface area contributed by atoms with E-state index in [0.717, 1.165) is 17.5 Å².